The van der Waals surface area contributed by atoms with Crippen LogP contribution in [-0.4, -0.2) is 19.0 Å². The minimum atomic E-state index is -0.452. The second kappa shape index (κ2) is 5.63. The summed E-state index contributed by atoms with van der Waals surface area (Å²) in [6.07, 6.45) is 1.39. The molecule has 2 aromatic rings. The molecule has 0 spiro atoms. The van der Waals surface area contributed by atoms with Gasteiger partial charge in [-0.05, 0) is 18.2 Å². The van der Waals surface area contributed by atoms with Crippen molar-refractivity contribution in [1.82, 2.24) is 0 Å². The number of hydrogen-bond donors (Lipinski definition) is 0. The first-order valence-electron chi connectivity index (χ1n) is 6.48. The lowest BCUT2D eigenvalue weighted by Gasteiger charge is -2.05. The van der Waals surface area contributed by atoms with E-state index in [0.717, 1.165) is 5.56 Å². The predicted octanol–water partition coefficient (Wildman–Crippen LogP) is 3.31. The molecular weight excluding hydrogens is 266 g/mol. The van der Waals surface area contributed by atoms with Crippen molar-refractivity contribution in [2.24, 2.45) is 4.99 Å². The molecule has 0 unspecified atom stereocenters. The minimum Gasteiger partial charge on any atom is -0.465 e. The van der Waals surface area contributed by atoms with Crippen LogP contribution in [0.15, 0.2) is 65.9 Å². The number of ether oxygens (including phenoxy) is 2. The van der Waals surface area contributed by atoms with E-state index in [1.165, 1.54) is 13.4 Å². The van der Waals surface area contributed by atoms with E-state index in [0.29, 0.717) is 22.7 Å². The van der Waals surface area contributed by atoms with Crippen molar-refractivity contribution in [2.75, 3.05) is 7.11 Å². The largest absolute Gasteiger partial charge is 0.465 e. The summed E-state index contributed by atoms with van der Waals surface area (Å²) in [5, 5.41) is 0. The molecule has 4 heteroatoms. The lowest BCUT2D eigenvalue weighted by atomic mass is 10.1. The van der Waals surface area contributed by atoms with Gasteiger partial charge in [0.2, 0.25) is 5.90 Å². The highest BCUT2D eigenvalue weighted by molar-refractivity contribution is 6.18. The van der Waals surface area contributed by atoms with Crippen LogP contribution in [0.5, 0.6) is 0 Å². The number of rotatable bonds is 2. The normalized spacial score (nSPS) is 13.2. The van der Waals surface area contributed by atoms with E-state index in [9.17, 15) is 4.79 Å². The van der Waals surface area contributed by atoms with Gasteiger partial charge >= 0.3 is 5.97 Å². The molecule has 4 nitrogen and oxygen atoms in total. The fraction of sp³-hybridized carbons (Fsp3) is 0.0588. The molecule has 0 radical (unpaired) electrons. The number of fused-ring (bicyclic) bond motifs is 1. The number of benzene rings is 2. The molecule has 0 fully saturated rings. The molecule has 1 aliphatic heterocycles. The maximum atomic E-state index is 11.9. The van der Waals surface area contributed by atoms with Crippen molar-refractivity contribution in [1.29, 1.82) is 0 Å². The molecule has 0 saturated heterocycles. The molecule has 0 bridgehead atoms. The molecule has 0 aromatic heterocycles. The fourth-order valence-electron chi connectivity index (χ4n) is 2.09. The molecule has 1 heterocycles. The fourth-order valence-corrected chi connectivity index (χ4v) is 2.09. The third kappa shape index (κ3) is 2.56. The topological polar surface area (TPSA) is 47.9 Å². The number of carbonyl (C=O) groups is 1. The van der Waals surface area contributed by atoms with E-state index >= 15 is 0 Å². The SMILES string of the molecule is COC(=O)C1=COC(c2ccccc2)=Nc2ccccc21. The van der Waals surface area contributed by atoms with E-state index in [2.05, 4.69) is 4.99 Å². The van der Waals surface area contributed by atoms with E-state index < -0.39 is 5.97 Å². The lowest BCUT2D eigenvalue weighted by molar-refractivity contribution is -0.133. The molecule has 0 saturated carbocycles. The number of para-hydroxylation sites is 1. The maximum absolute atomic E-state index is 11.9. The summed E-state index contributed by atoms with van der Waals surface area (Å²) < 4.78 is 10.4. The van der Waals surface area contributed by atoms with Crippen LogP contribution >= 0.6 is 0 Å². The van der Waals surface area contributed by atoms with Crippen molar-refractivity contribution in [3.05, 3.63) is 72.0 Å². The molecule has 3 rings (SSSR count). The summed E-state index contributed by atoms with van der Waals surface area (Å²) in [6.45, 7) is 0. The number of esters is 1. The highest BCUT2D eigenvalue weighted by Crippen LogP contribution is 2.30. The van der Waals surface area contributed by atoms with Crippen molar-refractivity contribution in [3.8, 4) is 0 Å². The van der Waals surface area contributed by atoms with Crippen molar-refractivity contribution < 1.29 is 14.3 Å². The van der Waals surface area contributed by atoms with Crippen LogP contribution in [-0.2, 0) is 14.3 Å². The van der Waals surface area contributed by atoms with Crippen LogP contribution in [0.4, 0.5) is 5.69 Å². The van der Waals surface area contributed by atoms with E-state index in [-0.39, 0.29) is 0 Å². The smallest absolute Gasteiger partial charge is 0.341 e. The molecule has 21 heavy (non-hydrogen) atoms. The summed E-state index contributed by atoms with van der Waals surface area (Å²) in [7, 11) is 1.34. The second-order valence-electron chi connectivity index (χ2n) is 4.44. The van der Waals surface area contributed by atoms with E-state index in [4.69, 9.17) is 9.47 Å². The monoisotopic (exact) mass is 279 g/mol. The van der Waals surface area contributed by atoms with Crippen molar-refractivity contribution >= 4 is 23.1 Å². The Morgan fingerprint density at radius 2 is 1.76 bits per heavy atom. The standard InChI is InChI=1S/C17H13NO3/c1-20-17(19)14-11-21-16(12-7-3-2-4-8-12)18-15-10-6-5-9-13(14)15/h2-11H,1H3. The highest BCUT2D eigenvalue weighted by atomic mass is 16.5. The Morgan fingerprint density at radius 3 is 2.52 bits per heavy atom. The van der Waals surface area contributed by atoms with Crippen LogP contribution in [0, 0.1) is 0 Å². The summed E-state index contributed by atoms with van der Waals surface area (Å²) in [6, 6.07) is 16.9. The summed E-state index contributed by atoms with van der Waals surface area (Å²) in [4.78, 5) is 16.4. The lowest BCUT2D eigenvalue weighted by Crippen LogP contribution is -2.05. The third-order valence-corrected chi connectivity index (χ3v) is 3.13. The quantitative estimate of drug-likeness (QED) is 0.792. The first-order valence-corrected chi connectivity index (χ1v) is 6.48. The van der Waals surface area contributed by atoms with E-state index in [1.54, 1.807) is 0 Å². The number of aliphatic imine (C=N–C) groups is 1. The Bertz CT molecular complexity index is 733. The van der Waals surface area contributed by atoms with Gasteiger partial charge in [-0.2, -0.15) is 0 Å². The van der Waals surface area contributed by atoms with Gasteiger partial charge in [0.25, 0.3) is 0 Å². The van der Waals surface area contributed by atoms with Crippen LogP contribution in [0.3, 0.4) is 0 Å². The molecule has 104 valence electrons. The van der Waals surface area contributed by atoms with Gasteiger partial charge < -0.3 is 9.47 Å². The zero-order valence-electron chi connectivity index (χ0n) is 11.4. The predicted molar refractivity (Wildman–Crippen MR) is 80.2 cm³/mol. The summed E-state index contributed by atoms with van der Waals surface area (Å²) in [5.41, 5.74) is 2.55. The molecule has 0 N–H and O–H groups in total. The Labute approximate surface area is 122 Å². The van der Waals surface area contributed by atoms with Gasteiger partial charge in [0.15, 0.2) is 0 Å². The minimum absolute atomic E-state index is 0.350. The Kier molecular flexibility index (Phi) is 3.51. The Morgan fingerprint density at radius 1 is 1.05 bits per heavy atom. The van der Waals surface area contributed by atoms with Crippen LogP contribution < -0.4 is 0 Å². The Hall–Kier alpha value is -2.88. The highest BCUT2D eigenvalue weighted by Gasteiger charge is 2.20. The summed E-state index contributed by atoms with van der Waals surface area (Å²) in [5.74, 6) is -0.00563. The number of carbonyl (C=O) groups excluding carboxylic acids is 1. The number of nitrogens with zero attached hydrogens (tertiary/aromatic N) is 1. The third-order valence-electron chi connectivity index (χ3n) is 3.13. The second-order valence-corrected chi connectivity index (χ2v) is 4.44. The average molecular weight is 279 g/mol. The van der Waals surface area contributed by atoms with Gasteiger partial charge in [0, 0.05) is 11.1 Å². The van der Waals surface area contributed by atoms with E-state index in [1.807, 2.05) is 54.6 Å². The number of hydrogen-bond acceptors (Lipinski definition) is 4. The van der Waals surface area contributed by atoms with Gasteiger partial charge in [-0.3, -0.25) is 0 Å². The maximum Gasteiger partial charge on any atom is 0.341 e. The number of methoxy groups -OCH3 is 1. The van der Waals surface area contributed by atoms with Crippen LogP contribution in [0.1, 0.15) is 11.1 Å². The molecule has 0 atom stereocenters. The molecule has 2 aromatic carbocycles. The van der Waals surface area contributed by atoms with Gasteiger partial charge in [-0.15, -0.1) is 0 Å². The van der Waals surface area contributed by atoms with Crippen LogP contribution in [0.25, 0.3) is 5.57 Å². The van der Waals surface area contributed by atoms with Crippen molar-refractivity contribution in [3.63, 3.8) is 0 Å². The average Bonchev–Trinajstić information content (AvgIpc) is 2.74. The Balaban J connectivity index is 2.12. The zero-order chi connectivity index (χ0) is 14.7. The zero-order valence-corrected chi connectivity index (χ0v) is 11.4. The molecule has 0 aliphatic carbocycles. The first kappa shape index (κ1) is 13.1. The van der Waals surface area contributed by atoms with Crippen LogP contribution in [0.2, 0.25) is 0 Å². The summed E-state index contributed by atoms with van der Waals surface area (Å²) >= 11 is 0. The van der Waals surface area contributed by atoms with Gasteiger partial charge in [-0.1, -0.05) is 36.4 Å². The van der Waals surface area contributed by atoms with Gasteiger partial charge in [-0.25, -0.2) is 9.79 Å². The van der Waals surface area contributed by atoms with Gasteiger partial charge in [0.1, 0.15) is 11.8 Å². The molecule has 1 aliphatic rings. The molecule has 0 amide bonds. The molecular formula is C17H13NO3. The van der Waals surface area contributed by atoms with Gasteiger partial charge in [0.05, 0.1) is 12.8 Å². The van der Waals surface area contributed by atoms with Crippen molar-refractivity contribution in [2.45, 2.75) is 0 Å². The first-order chi connectivity index (χ1) is 10.3.